The van der Waals surface area contributed by atoms with Gasteiger partial charge in [-0.15, -0.1) is 0 Å². The minimum absolute atomic E-state index is 0.178. The van der Waals surface area contributed by atoms with Gasteiger partial charge in [-0.05, 0) is 35.9 Å². The highest BCUT2D eigenvalue weighted by molar-refractivity contribution is 7.89. The van der Waals surface area contributed by atoms with Crippen LogP contribution in [0, 0.1) is 0 Å². The van der Waals surface area contributed by atoms with Crippen molar-refractivity contribution in [3.63, 3.8) is 0 Å². The Labute approximate surface area is 162 Å². The molecule has 0 amide bonds. The molecule has 0 bridgehead atoms. The summed E-state index contributed by atoms with van der Waals surface area (Å²) in [7, 11) is -3.74. The van der Waals surface area contributed by atoms with Crippen molar-refractivity contribution in [1.29, 1.82) is 0 Å². The topological polar surface area (TPSA) is 94.7 Å². The molecule has 0 saturated carbocycles. The maximum atomic E-state index is 13.0. The normalized spacial score (nSPS) is 12.7. The van der Waals surface area contributed by atoms with Crippen molar-refractivity contribution in [1.82, 2.24) is 29.5 Å². The van der Waals surface area contributed by atoms with E-state index in [0.717, 1.165) is 11.3 Å². The Hall–Kier alpha value is -3.30. The number of nitrogens with zero attached hydrogens (tertiary/aromatic N) is 5. The second-order valence-electron chi connectivity index (χ2n) is 6.11. The first-order valence-electron chi connectivity index (χ1n) is 8.63. The number of rotatable bonds is 7. The van der Waals surface area contributed by atoms with Crippen LogP contribution in [0.3, 0.4) is 0 Å². The minimum Gasteiger partial charge on any atom is -0.241 e. The highest BCUT2D eigenvalue weighted by atomic mass is 32.2. The molecule has 0 fully saturated rings. The first-order chi connectivity index (χ1) is 13.6. The zero-order valence-electron chi connectivity index (χ0n) is 14.8. The molecule has 2 heterocycles. The summed E-state index contributed by atoms with van der Waals surface area (Å²) in [5, 5.41) is 12.3. The zero-order chi connectivity index (χ0) is 19.4. The van der Waals surface area contributed by atoms with E-state index in [1.54, 1.807) is 59.8 Å². The average Bonchev–Trinajstić information content (AvgIpc) is 3.42. The first kappa shape index (κ1) is 18.1. The van der Waals surface area contributed by atoms with Crippen LogP contribution in [-0.4, -0.2) is 33.2 Å². The number of hydrogen-bond acceptors (Lipinski definition) is 5. The van der Waals surface area contributed by atoms with E-state index in [1.165, 1.54) is 4.80 Å². The third kappa shape index (κ3) is 4.00. The number of aromatic nitrogens is 5. The van der Waals surface area contributed by atoms with Gasteiger partial charge >= 0.3 is 0 Å². The van der Waals surface area contributed by atoms with E-state index in [2.05, 4.69) is 20.0 Å². The van der Waals surface area contributed by atoms with Crippen molar-refractivity contribution < 1.29 is 8.42 Å². The maximum Gasteiger partial charge on any atom is 0.241 e. The zero-order valence-corrected chi connectivity index (χ0v) is 15.6. The van der Waals surface area contributed by atoms with Gasteiger partial charge in [0.1, 0.15) is 0 Å². The van der Waals surface area contributed by atoms with Gasteiger partial charge < -0.3 is 0 Å². The fraction of sp³-hybridized carbons (Fsp3) is 0.105. The fourth-order valence-corrected chi connectivity index (χ4v) is 4.07. The third-order valence-corrected chi connectivity index (χ3v) is 5.72. The SMILES string of the molecule is O=S(=O)(NC(Cn1nccn1)c1ccccc1)c1ccc(-n2cccn2)cc1. The Morgan fingerprint density at radius 3 is 2.21 bits per heavy atom. The molecule has 2 aromatic heterocycles. The van der Waals surface area contributed by atoms with Gasteiger partial charge in [0, 0.05) is 12.4 Å². The Bertz CT molecular complexity index is 1110. The lowest BCUT2D eigenvalue weighted by Gasteiger charge is -2.19. The van der Waals surface area contributed by atoms with Gasteiger partial charge in [-0.2, -0.15) is 20.1 Å². The quantitative estimate of drug-likeness (QED) is 0.518. The van der Waals surface area contributed by atoms with Crippen LogP contribution >= 0.6 is 0 Å². The standard InChI is InChI=1S/C19H18N6O2S/c26-28(27,18-9-7-17(8-10-18)24-14-4-11-20-24)23-19(15-25-21-12-13-22-25)16-5-2-1-3-6-16/h1-14,19,23H,15H2. The van der Waals surface area contributed by atoms with Crippen LogP contribution in [0.15, 0.2) is 90.3 Å². The smallest absolute Gasteiger partial charge is 0.241 e. The lowest BCUT2D eigenvalue weighted by Crippen LogP contribution is -2.32. The average molecular weight is 394 g/mol. The lowest BCUT2D eigenvalue weighted by atomic mass is 10.1. The Kier molecular flexibility index (Phi) is 5.00. The van der Waals surface area contributed by atoms with E-state index in [9.17, 15) is 8.42 Å². The van der Waals surface area contributed by atoms with Crippen molar-refractivity contribution in [2.24, 2.45) is 0 Å². The number of hydrogen-bond donors (Lipinski definition) is 1. The maximum absolute atomic E-state index is 13.0. The Morgan fingerprint density at radius 2 is 1.57 bits per heavy atom. The molecule has 4 rings (SSSR count). The number of benzene rings is 2. The first-order valence-corrected chi connectivity index (χ1v) is 10.1. The molecule has 0 saturated heterocycles. The monoisotopic (exact) mass is 394 g/mol. The van der Waals surface area contributed by atoms with Gasteiger partial charge in [-0.3, -0.25) is 0 Å². The molecule has 0 aliphatic carbocycles. The summed E-state index contributed by atoms with van der Waals surface area (Å²) < 4.78 is 30.4. The largest absolute Gasteiger partial charge is 0.241 e. The summed E-state index contributed by atoms with van der Waals surface area (Å²) in [5.74, 6) is 0. The van der Waals surface area contributed by atoms with Gasteiger partial charge in [0.05, 0.1) is 35.6 Å². The van der Waals surface area contributed by atoms with Gasteiger partial charge in [-0.1, -0.05) is 30.3 Å². The van der Waals surface area contributed by atoms with Gasteiger partial charge in [0.2, 0.25) is 10.0 Å². The highest BCUT2D eigenvalue weighted by Crippen LogP contribution is 2.20. The predicted molar refractivity (Wildman–Crippen MR) is 103 cm³/mol. The molecule has 4 aromatic rings. The van der Waals surface area contributed by atoms with Crippen molar-refractivity contribution in [2.45, 2.75) is 17.5 Å². The predicted octanol–water partition coefficient (Wildman–Crippen LogP) is 2.18. The van der Waals surface area contributed by atoms with Crippen molar-refractivity contribution >= 4 is 10.0 Å². The van der Waals surface area contributed by atoms with E-state index < -0.39 is 16.1 Å². The third-order valence-electron chi connectivity index (χ3n) is 4.23. The molecule has 142 valence electrons. The highest BCUT2D eigenvalue weighted by Gasteiger charge is 2.22. The molecule has 2 aromatic carbocycles. The van der Waals surface area contributed by atoms with E-state index in [0.29, 0.717) is 0 Å². The van der Waals surface area contributed by atoms with Crippen molar-refractivity contribution in [2.75, 3.05) is 0 Å². The van der Waals surface area contributed by atoms with E-state index >= 15 is 0 Å². The van der Waals surface area contributed by atoms with Gasteiger partial charge in [0.15, 0.2) is 0 Å². The second kappa shape index (κ2) is 7.75. The van der Waals surface area contributed by atoms with E-state index in [-0.39, 0.29) is 11.4 Å². The van der Waals surface area contributed by atoms with Gasteiger partial charge in [0.25, 0.3) is 0 Å². The van der Waals surface area contributed by atoms with Crippen LogP contribution in [0.25, 0.3) is 5.69 Å². The van der Waals surface area contributed by atoms with Gasteiger partial charge in [-0.25, -0.2) is 17.8 Å². The summed E-state index contributed by atoms with van der Waals surface area (Å²) in [6, 6.07) is 17.2. The molecule has 0 aliphatic rings. The molecule has 0 radical (unpaired) electrons. The molecular formula is C19H18N6O2S. The van der Waals surface area contributed by atoms with Crippen LogP contribution in [0.5, 0.6) is 0 Å². The van der Waals surface area contributed by atoms with Crippen molar-refractivity contribution in [3.8, 4) is 5.69 Å². The summed E-state index contributed by atoms with van der Waals surface area (Å²) in [6.07, 6.45) is 6.58. The molecule has 28 heavy (non-hydrogen) atoms. The molecular weight excluding hydrogens is 376 g/mol. The molecule has 1 unspecified atom stereocenters. The summed E-state index contributed by atoms with van der Waals surface area (Å²) in [4.78, 5) is 1.64. The summed E-state index contributed by atoms with van der Waals surface area (Å²) in [5.41, 5.74) is 1.61. The lowest BCUT2D eigenvalue weighted by molar-refractivity contribution is 0.444. The van der Waals surface area contributed by atoms with Crippen LogP contribution in [-0.2, 0) is 16.6 Å². The van der Waals surface area contributed by atoms with E-state index in [4.69, 9.17) is 0 Å². The van der Waals surface area contributed by atoms with Crippen LogP contribution in [0.2, 0.25) is 0 Å². The number of sulfonamides is 1. The summed E-state index contributed by atoms with van der Waals surface area (Å²) in [6.45, 7) is 0.279. The molecule has 1 N–H and O–H groups in total. The fourth-order valence-electron chi connectivity index (χ4n) is 2.85. The molecule has 9 heteroatoms. The summed E-state index contributed by atoms with van der Waals surface area (Å²) >= 11 is 0. The van der Waals surface area contributed by atoms with Crippen LogP contribution in [0.4, 0.5) is 0 Å². The second-order valence-corrected chi connectivity index (χ2v) is 7.83. The molecule has 8 nitrogen and oxygen atoms in total. The van der Waals surface area contributed by atoms with Crippen LogP contribution < -0.4 is 4.72 Å². The Morgan fingerprint density at radius 1 is 0.857 bits per heavy atom. The minimum atomic E-state index is -3.74. The Balaban J connectivity index is 1.59. The molecule has 0 aliphatic heterocycles. The molecule has 1 atom stereocenters. The number of nitrogens with one attached hydrogen (secondary N) is 1. The van der Waals surface area contributed by atoms with E-state index in [1.807, 2.05) is 30.3 Å². The van der Waals surface area contributed by atoms with Crippen molar-refractivity contribution in [3.05, 3.63) is 91.0 Å². The molecule has 0 spiro atoms. The van der Waals surface area contributed by atoms with Crippen LogP contribution in [0.1, 0.15) is 11.6 Å².